The van der Waals surface area contributed by atoms with Gasteiger partial charge in [0, 0.05) is 29.5 Å². The Hall–Kier alpha value is -1.36. The van der Waals surface area contributed by atoms with Gasteiger partial charge < -0.3 is 9.88 Å². The molecule has 1 N–H and O–H groups in total. The second-order valence-electron chi connectivity index (χ2n) is 4.80. The van der Waals surface area contributed by atoms with Crippen LogP contribution in [0.2, 0.25) is 0 Å². The summed E-state index contributed by atoms with van der Waals surface area (Å²) in [5.74, 6) is 0.993. The number of aryl methyl sites for hydroxylation is 1. The largest absolute Gasteiger partial charge is 0.351 e. The molecule has 0 spiro atoms. The van der Waals surface area contributed by atoms with Crippen molar-refractivity contribution in [3.05, 3.63) is 28.5 Å². The molecule has 4 nitrogen and oxygen atoms in total. The van der Waals surface area contributed by atoms with E-state index in [1.807, 2.05) is 19.3 Å². The molecular weight excluding hydrogens is 244 g/mol. The van der Waals surface area contributed by atoms with Crippen LogP contribution in [0.3, 0.4) is 0 Å². The molecular formula is C13H18N4S. The van der Waals surface area contributed by atoms with Crippen LogP contribution in [0, 0.1) is 6.92 Å². The molecule has 0 radical (unpaired) electrons. The van der Waals surface area contributed by atoms with Crippen LogP contribution in [0.5, 0.6) is 0 Å². The van der Waals surface area contributed by atoms with Crippen molar-refractivity contribution >= 4 is 17.3 Å². The zero-order valence-electron chi connectivity index (χ0n) is 10.6. The van der Waals surface area contributed by atoms with Gasteiger partial charge in [-0.15, -0.1) is 11.3 Å². The third-order valence-electron chi connectivity index (χ3n) is 3.48. The summed E-state index contributed by atoms with van der Waals surface area (Å²) in [5, 5.41) is 4.54. The Balaban J connectivity index is 1.67. The van der Waals surface area contributed by atoms with E-state index in [1.165, 1.54) is 30.6 Å². The Morgan fingerprint density at radius 1 is 1.39 bits per heavy atom. The van der Waals surface area contributed by atoms with Crippen LogP contribution < -0.4 is 5.32 Å². The lowest BCUT2D eigenvalue weighted by Gasteiger charge is -2.15. The van der Waals surface area contributed by atoms with Gasteiger partial charge in [0.15, 0.2) is 0 Å². The summed E-state index contributed by atoms with van der Waals surface area (Å²) < 4.78 is 2.29. The molecule has 1 aliphatic carbocycles. The molecule has 5 heteroatoms. The van der Waals surface area contributed by atoms with Crippen molar-refractivity contribution in [2.45, 2.75) is 45.2 Å². The summed E-state index contributed by atoms with van der Waals surface area (Å²) in [7, 11) is 0. The van der Waals surface area contributed by atoms with Crippen LogP contribution in [-0.4, -0.2) is 14.5 Å². The van der Waals surface area contributed by atoms with Crippen LogP contribution in [0.15, 0.2) is 18.6 Å². The highest BCUT2D eigenvalue weighted by atomic mass is 32.1. The van der Waals surface area contributed by atoms with Gasteiger partial charge in [-0.25, -0.2) is 9.97 Å². The lowest BCUT2D eigenvalue weighted by Crippen LogP contribution is -2.10. The number of nitrogens with zero attached hydrogens (tertiary/aromatic N) is 3. The van der Waals surface area contributed by atoms with Crippen molar-refractivity contribution < 1.29 is 0 Å². The minimum Gasteiger partial charge on any atom is -0.351 e. The molecule has 1 aliphatic rings. The second-order valence-corrected chi connectivity index (χ2v) is 6.11. The van der Waals surface area contributed by atoms with Gasteiger partial charge >= 0.3 is 0 Å². The second kappa shape index (κ2) is 5.10. The first-order chi connectivity index (χ1) is 8.83. The van der Waals surface area contributed by atoms with Crippen LogP contribution in [0.25, 0.3) is 0 Å². The van der Waals surface area contributed by atoms with E-state index in [1.54, 1.807) is 11.3 Å². The van der Waals surface area contributed by atoms with Gasteiger partial charge in [-0.1, -0.05) is 12.8 Å². The maximum Gasteiger partial charge on any atom is 0.203 e. The van der Waals surface area contributed by atoms with E-state index in [2.05, 4.69) is 26.0 Å². The Morgan fingerprint density at radius 2 is 2.22 bits per heavy atom. The number of rotatable bonds is 4. The molecule has 1 saturated carbocycles. The molecule has 2 heterocycles. The number of thiazole rings is 1. The summed E-state index contributed by atoms with van der Waals surface area (Å²) >= 11 is 1.74. The number of imidazole rings is 1. The predicted octanol–water partition coefficient (Wildman–Crippen LogP) is 3.38. The van der Waals surface area contributed by atoms with Crippen molar-refractivity contribution in [1.29, 1.82) is 0 Å². The summed E-state index contributed by atoms with van der Waals surface area (Å²) in [6.07, 6.45) is 11.2. The highest BCUT2D eigenvalue weighted by molar-refractivity contribution is 7.11. The molecule has 0 unspecified atom stereocenters. The number of nitrogens with one attached hydrogen (secondary N) is 1. The van der Waals surface area contributed by atoms with Crippen molar-refractivity contribution in [3.63, 3.8) is 0 Å². The predicted molar refractivity (Wildman–Crippen MR) is 73.9 cm³/mol. The Labute approximate surface area is 111 Å². The lowest BCUT2D eigenvalue weighted by molar-refractivity contribution is 0.523. The zero-order chi connectivity index (χ0) is 12.4. The van der Waals surface area contributed by atoms with E-state index in [4.69, 9.17) is 0 Å². The summed E-state index contributed by atoms with van der Waals surface area (Å²) in [6.45, 7) is 2.85. The lowest BCUT2D eigenvalue weighted by atomic mass is 10.2. The smallest absolute Gasteiger partial charge is 0.203 e. The molecule has 2 aromatic heterocycles. The van der Waals surface area contributed by atoms with Crippen LogP contribution in [0.1, 0.15) is 41.6 Å². The quantitative estimate of drug-likeness (QED) is 0.918. The molecule has 2 aromatic rings. The standard InChI is InChI=1S/C13H18N4S/c1-10-15-8-12(18-10)9-16-13-14-6-7-17(13)11-4-2-3-5-11/h6-8,11H,2-5,9H2,1H3,(H,14,16). The molecule has 96 valence electrons. The Morgan fingerprint density at radius 3 is 2.94 bits per heavy atom. The molecule has 3 rings (SSSR count). The van der Waals surface area contributed by atoms with Crippen LogP contribution >= 0.6 is 11.3 Å². The average Bonchev–Trinajstić information content (AvgIpc) is 3.07. The fourth-order valence-electron chi connectivity index (χ4n) is 2.58. The SMILES string of the molecule is Cc1ncc(CNc2nccn2C2CCCC2)s1. The molecule has 0 amide bonds. The maximum atomic E-state index is 4.42. The highest BCUT2D eigenvalue weighted by Gasteiger charge is 2.18. The van der Waals surface area contributed by atoms with Gasteiger partial charge in [0.25, 0.3) is 0 Å². The van der Waals surface area contributed by atoms with Gasteiger partial charge in [0.1, 0.15) is 0 Å². The maximum absolute atomic E-state index is 4.42. The molecule has 0 saturated heterocycles. The van der Waals surface area contributed by atoms with Crippen molar-refractivity contribution in [2.24, 2.45) is 0 Å². The third-order valence-corrected chi connectivity index (χ3v) is 4.39. The number of hydrogen-bond donors (Lipinski definition) is 1. The van der Waals surface area contributed by atoms with Gasteiger partial charge in [-0.05, 0) is 19.8 Å². The Bertz CT molecular complexity index is 511. The summed E-state index contributed by atoms with van der Waals surface area (Å²) in [5.41, 5.74) is 0. The molecule has 0 bridgehead atoms. The summed E-state index contributed by atoms with van der Waals surface area (Å²) in [4.78, 5) is 9.94. The molecule has 18 heavy (non-hydrogen) atoms. The zero-order valence-corrected chi connectivity index (χ0v) is 11.4. The van der Waals surface area contributed by atoms with Gasteiger partial charge in [-0.3, -0.25) is 0 Å². The normalized spacial score (nSPS) is 16.3. The highest BCUT2D eigenvalue weighted by Crippen LogP contribution is 2.31. The van der Waals surface area contributed by atoms with E-state index in [0.29, 0.717) is 6.04 Å². The molecule has 0 aromatic carbocycles. The number of aromatic nitrogens is 3. The fourth-order valence-corrected chi connectivity index (χ4v) is 3.31. The van der Waals surface area contributed by atoms with Crippen molar-refractivity contribution in [1.82, 2.24) is 14.5 Å². The van der Waals surface area contributed by atoms with E-state index >= 15 is 0 Å². The fraction of sp³-hybridized carbons (Fsp3) is 0.538. The Kier molecular flexibility index (Phi) is 3.32. The number of hydrogen-bond acceptors (Lipinski definition) is 4. The first kappa shape index (κ1) is 11.7. The van der Waals surface area contributed by atoms with Crippen molar-refractivity contribution in [2.75, 3.05) is 5.32 Å². The van der Waals surface area contributed by atoms with Crippen molar-refractivity contribution in [3.8, 4) is 0 Å². The minimum absolute atomic E-state index is 0.637. The first-order valence-electron chi connectivity index (χ1n) is 6.51. The summed E-state index contributed by atoms with van der Waals surface area (Å²) in [6, 6.07) is 0.637. The average molecular weight is 262 g/mol. The van der Waals surface area contributed by atoms with Gasteiger partial charge in [0.2, 0.25) is 5.95 Å². The van der Waals surface area contributed by atoms with Crippen LogP contribution in [0.4, 0.5) is 5.95 Å². The number of anilines is 1. The van der Waals surface area contributed by atoms with E-state index in [0.717, 1.165) is 17.5 Å². The first-order valence-corrected chi connectivity index (χ1v) is 7.32. The molecule has 1 fully saturated rings. The monoisotopic (exact) mass is 262 g/mol. The third kappa shape index (κ3) is 2.41. The molecule has 0 atom stereocenters. The van der Waals surface area contributed by atoms with E-state index < -0.39 is 0 Å². The van der Waals surface area contributed by atoms with E-state index in [9.17, 15) is 0 Å². The van der Waals surface area contributed by atoms with E-state index in [-0.39, 0.29) is 0 Å². The van der Waals surface area contributed by atoms with Gasteiger partial charge in [0.05, 0.1) is 11.6 Å². The minimum atomic E-state index is 0.637. The molecule has 0 aliphatic heterocycles. The topological polar surface area (TPSA) is 42.7 Å². The van der Waals surface area contributed by atoms with Crippen LogP contribution in [-0.2, 0) is 6.54 Å². The van der Waals surface area contributed by atoms with Gasteiger partial charge in [-0.2, -0.15) is 0 Å².